The Morgan fingerprint density at radius 1 is 0.840 bits per heavy atom. The Kier molecular flexibility index (Phi) is 8.91. The highest BCUT2D eigenvalue weighted by atomic mass is 32.2. The van der Waals surface area contributed by atoms with Gasteiger partial charge in [-0.05, 0) is 72.4 Å². The van der Waals surface area contributed by atoms with E-state index in [0.29, 0.717) is 4.90 Å². The zero-order chi connectivity index (χ0) is 18.9. The molecule has 0 saturated carbocycles. The maximum atomic E-state index is 12.3. The van der Waals surface area contributed by atoms with Crippen molar-refractivity contribution in [2.45, 2.75) is 65.2 Å². The SMILES string of the molecule is CC(C)=CCCC(C)=CCCC(C)=CCS(=O)(=O)c1ccc(C)cc1. The molecule has 0 aliphatic heterocycles. The van der Waals surface area contributed by atoms with Gasteiger partial charge in [0.2, 0.25) is 0 Å². The van der Waals surface area contributed by atoms with Gasteiger partial charge in [-0.1, -0.05) is 52.6 Å². The lowest BCUT2D eigenvalue weighted by molar-refractivity contribution is 0.599. The maximum absolute atomic E-state index is 12.3. The van der Waals surface area contributed by atoms with Gasteiger partial charge in [0, 0.05) is 0 Å². The Morgan fingerprint density at radius 2 is 1.36 bits per heavy atom. The Morgan fingerprint density at radius 3 is 1.92 bits per heavy atom. The highest BCUT2D eigenvalue weighted by Gasteiger charge is 2.12. The molecule has 0 fully saturated rings. The molecule has 1 aromatic rings. The fourth-order valence-corrected chi connectivity index (χ4v) is 3.68. The summed E-state index contributed by atoms with van der Waals surface area (Å²) in [6.07, 6.45) is 10.4. The van der Waals surface area contributed by atoms with Gasteiger partial charge in [-0.15, -0.1) is 0 Å². The van der Waals surface area contributed by atoms with E-state index in [1.54, 1.807) is 12.1 Å². The molecule has 0 atom stereocenters. The summed E-state index contributed by atoms with van der Waals surface area (Å²) in [5.74, 6) is 0.0746. The second-order valence-electron chi connectivity index (χ2n) is 7.05. The Labute approximate surface area is 154 Å². The van der Waals surface area contributed by atoms with Gasteiger partial charge in [0.05, 0.1) is 10.6 Å². The van der Waals surface area contributed by atoms with Gasteiger partial charge in [-0.3, -0.25) is 0 Å². The average Bonchev–Trinajstić information content (AvgIpc) is 2.53. The normalized spacial score (nSPS) is 13.0. The Hall–Kier alpha value is -1.61. The highest BCUT2D eigenvalue weighted by molar-refractivity contribution is 7.91. The summed E-state index contributed by atoms with van der Waals surface area (Å²) in [5.41, 5.74) is 4.96. The lowest BCUT2D eigenvalue weighted by Gasteiger charge is -2.04. The molecule has 0 aliphatic carbocycles. The van der Waals surface area contributed by atoms with Crippen molar-refractivity contribution >= 4 is 9.84 Å². The standard InChI is InChI=1S/C22H32O2S/c1-18(2)8-6-9-19(3)10-7-11-20(4)16-17-25(23,24)22-14-12-21(5)13-15-22/h8,10,12-16H,6-7,9,11,17H2,1-5H3. The van der Waals surface area contributed by atoms with Gasteiger partial charge in [0.25, 0.3) is 0 Å². The average molecular weight is 361 g/mol. The predicted octanol–water partition coefficient (Wildman–Crippen LogP) is 6.19. The molecule has 25 heavy (non-hydrogen) atoms. The van der Waals surface area contributed by atoms with Crippen molar-refractivity contribution in [1.29, 1.82) is 0 Å². The van der Waals surface area contributed by atoms with Crippen LogP contribution < -0.4 is 0 Å². The van der Waals surface area contributed by atoms with Crippen LogP contribution in [0.1, 0.15) is 58.9 Å². The molecule has 0 aromatic heterocycles. The van der Waals surface area contributed by atoms with Crippen molar-refractivity contribution in [2.75, 3.05) is 5.75 Å². The predicted molar refractivity (Wildman–Crippen MR) is 109 cm³/mol. The van der Waals surface area contributed by atoms with Crippen LogP contribution in [0.2, 0.25) is 0 Å². The molecule has 138 valence electrons. The minimum atomic E-state index is -3.23. The van der Waals surface area contributed by atoms with E-state index in [0.717, 1.165) is 36.8 Å². The molecule has 0 unspecified atom stereocenters. The van der Waals surface area contributed by atoms with Crippen LogP contribution in [-0.2, 0) is 9.84 Å². The minimum absolute atomic E-state index is 0.0746. The minimum Gasteiger partial charge on any atom is -0.223 e. The first kappa shape index (κ1) is 21.4. The number of rotatable bonds is 9. The molecule has 1 rings (SSSR count). The van der Waals surface area contributed by atoms with Gasteiger partial charge in [0.15, 0.2) is 9.84 Å². The van der Waals surface area contributed by atoms with Crippen LogP contribution in [0, 0.1) is 6.92 Å². The molecule has 0 heterocycles. The van der Waals surface area contributed by atoms with Crippen molar-refractivity contribution in [3.63, 3.8) is 0 Å². The van der Waals surface area contributed by atoms with Crippen molar-refractivity contribution in [3.05, 3.63) is 64.8 Å². The van der Waals surface area contributed by atoms with E-state index in [-0.39, 0.29) is 5.75 Å². The highest BCUT2D eigenvalue weighted by Crippen LogP contribution is 2.15. The molecule has 2 nitrogen and oxygen atoms in total. The number of aryl methyl sites for hydroxylation is 1. The monoisotopic (exact) mass is 360 g/mol. The molecular weight excluding hydrogens is 328 g/mol. The summed E-state index contributed by atoms with van der Waals surface area (Å²) in [6.45, 7) is 10.4. The number of sulfone groups is 1. The van der Waals surface area contributed by atoms with Crippen molar-refractivity contribution in [3.8, 4) is 0 Å². The molecular formula is C22H32O2S. The first-order valence-electron chi connectivity index (χ1n) is 8.95. The zero-order valence-corrected chi connectivity index (χ0v) is 17.1. The number of hydrogen-bond donors (Lipinski definition) is 0. The van der Waals surface area contributed by atoms with Crippen LogP contribution >= 0.6 is 0 Å². The van der Waals surface area contributed by atoms with E-state index in [9.17, 15) is 8.42 Å². The fourth-order valence-electron chi connectivity index (χ4n) is 2.43. The van der Waals surface area contributed by atoms with Crippen LogP contribution in [0.25, 0.3) is 0 Å². The quantitative estimate of drug-likeness (QED) is 0.492. The smallest absolute Gasteiger partial charge is 0.181 e. The van der Waals surface area contributed by atoms with Crippen molar-refractivity contribution < 1.29 is 8.42 Å². The third-order valence-corrected chi connectivity index (χ3v) is 5.75. The second kappa shape index (κ2) is 10.4. The van der Waals surface area contributed by atoms with Gasteiger partial charge in [-0.25, -0.2) is 8.42 Å². The van der Waals surface area contributed by atoms with Crippen LogP contribution in [0.3, 0.4) is 0 Å². The number of benzene rings is 1. The summed E-state index contributed by atoms with van der Waals surface area (Å²) < 4.78 is 24.7. The lowest BCUT2D eigenvalue weighted by Crippen LogP contribution is -2.05. The third-order valence-electron chi connectivity index (χ3n) is 4.15. The van der Waals surface area contributed by atoms with Crippen LogP contribution in [0.4, 0.5) is 0 Å². The molecule has 1 aromatic carbocycles. The fraction of sp³-hybridized carbons (Fsp3) is 0.455. The molecule has 0 amide bonds. The van der Waals surface area contributed by atoms with Crippen molar-refractivity contribution in [2.24, 2.45) is 0 Å². The van der Waals surface area contributed by atoms with E-state index in [4.69, 9.17) is 0 Å². The molecule has 0 radical (unpaired) electrons. The van der Waals surface area contributed by atoms with E-state index in [1.807, 2.05) is 32.1 Å². The largest absolute Gasteiger partial charge is 0.223 e. The summed E-state index contributed by atoms with van der Waals surface area (Å²) in [4.78, 5) is 0.400. The van der Waals surface area contributed by atoms with E-state index in [1.165, 1.54) is 11.1 Å². The topological polar surface area (TPSA) is 34.1 Å². The molecule has 0 spiro atoms. The van der Waals surface area contributed by atoms with Gasteiger partial charge < -0.3 is 0 Å². The molecule has 0 saturated heterocycles. The first-order chi connectivity index (χ1) is 11.7. The van der Waals surface area contributed by atoms with E-state index < -0.39 is 9.84 Å². The van der Waals surface area contributed by atoms with E-state index in [2.05, 4.69) is 32.9 Å². The number of hydrogen-bond acceptors (Lipinski definition) is 2. The lowest BCUT2D eigenvalue weighted by atomic mass is 10.1. The summed E-state index contributed by atoms with van der Waals surface area (Å²) in [6, 6.07) is 7.05. The van der Waals surface area contributed by atoms with E-state index >= 15 is 0 Å². The number of allylic oxidation sites excluding steroid dienone is 5. The summed E-state index contributed by atoms with van der Waals surface area (Å²) in [5, 5.41) is 0. The summed E-state index contributed by atoms with van der Waals surface area (Å²) >= 11 is 0. The Bertz CT molecular complexity index is 729. The maximum Gasteiger partial charge on any atom is 0.181 e. The molecule has 0 N–H and O–H groups in total. The van der Waals surface area contributed by atoms with Crippen LogP contribution in [0.15, 0.2) is 64.1 Å². The van der Waals surface area contributed by atoms with Crippen molar-refractivity contribution in [1.82, 2.24) is 0 Å². The zero-order valence-electron chi connectivity index (χ0n) is 16.3. The van der Waals surface area contributed by atoms with Gasteiger partial charge in [0.1, 0.15) is 0 Å². The van der Waals surface area contributed by atoms with Gasteiger partial charge in [-0.2, -0.15) is 0 Å². The van der Waals surface area contributed by atoms with Gasteiger partial charge >= 0.3 is 0 Å². The Balaban J connectivity index is 2.50. The second-order valence-corrected chi connectivity index (χ2v) is 9.09. The third kappa shape index (κ3) is 8.87. The first-order valence-corrected chi connectivity index (χ1v) is 10.6. The van der Waals surface area contributed by atoms with Crippen LogP contribution in [-0.4, -0.2) is 14.2 Å². The molecule has 3 heteroatoms. The molecule has 0 bridgehead atoms. The van der Waals surface area contributed by atoms with Crippen LogP contribution in [0.5, 0.6) is 0 Å². The molecule has 0 aliphatic rings. The summed E-state index contributed by atoms with van der Waals surface area (Å²) in [7, 11) is -3.23.